The highest BCUT2D eigenvalue weighted by molar-refractivity contribution is 8.04. The van der Waals surface area contributed by atoms with Crippen LogP contribution in [0.5, 0.6) is 0 Å². The molecule has 2 N–H and O–H groups in total. The summed E-state index contributed by atoms with van der Waals surface area (Å²) in [4.78, 5) is 17.6. The van der Waals surface area contributed by atoms with Crippen LogP contribution in [0.25, 0.3) is 0 Å². The number of carbonyl (C=O) groups is 1. The van der Waals surface area contributed by atoms with Crippen molar-refractivity contribution in [1.82, 2.24) is 5.43 Å². The fourth-order valence-corrected chi connectivity index (χ4v) is 3.29. The average molecular weight is 338 g/mol. The molecule has 0 radical (unpaired) electrons. The number of carboxylic acid groups (broad SMARTS) is 1. The van der Waals surface area contributed by atoms with Crippen molar-refractivity contribution in [1.29, 1.82) is 0 Å². The van der Waals surface area contributed by atoms with Gasteiger partial charge < -0.3 is 20.8 Å². The van der Waals surface area contributed by atoms with Gasteiger partial charge in [-0.05, 0) is 43.7 Å². The molecular formula is C18H16N3O2S-. The Labute approximate surface area is 144 Å². The normalized spacial score (nSPS) is 15.2. The van der Waals surface area contributed by atoms with Gasteiger partial charge in [0.25, 0.3) is 0 Å². The van der Waals surface area contributed by atoms with Gasteiger partial charge in [-0.2, -0.15) is 0 Å². The molecule has 2 aromatic carbocycles. The van der Waals surface area contributed by atoms with Crippen LogP contribution in [-0.2, 0) is 0 Å². The van der Waals surface area contributed by atoms with Crippen LogP contribution in [0.3, 0.4) is 0 Å². The largest absolute Gasteiger partial charge is 0.545 e. The van der Waals surface area contributed by atoms with Gasteiger partial charge in [0.2, 0.25) is 0 Å². The van der Waals surface area contributed by atoms with E-state index in [-0.39, 0.29) is 5.56 Å². The number of carbonyl (C=O) groups excluding carboxylic acids is 1. The number of fused-ring (bicyclic) bond motifs is 1. The van der Waals surface area contributed by atoms with Crippen LogP contribution < -0.4 is 16.0 Å². The summed E-state index contributed by atoms with van der Waals surface area (Å²) in [6, 6.07) is 14.4. The lowest BCUT2D eigenvalue weighted by atomic mass is 10.2. The summed E-state index contributed by atoms with van der Waals surface area (Å²) in [6.45, 7) is 3.95. The Kier molecular flexibility index (Phi) is 4.57. The summed E-state index contributed by atoms with van der Waals surface area (Å²) in [5.41, 5.74) is 10.0. The molecule has 0 atom stereocenters. The number of carboxylic acids is 1. The quantitative estimate of drug-likeness (QED) is 0.838. The number of benzene rings is 2. The topological polar surface area (TPSA) is 76.5 Å². The lowest BCUT2D eigenvalue weighted by Crippen LogP contribution is -2.23. The number of para-hydroxylation sites is 1. The molecule has 0 bridgehead atoms. The first-order chi connectivity index (χ1) is 11.5. The number of rotatable bonds is 4. The van der Waals surface area contributed by atoms with Gasteiger partial charge in [0.1, 0.15) is 0 Å². The summed E-state index contributed by atoms with van der Waals surface area (Å²) < 4.78 is 0. The van der Waals surface area contributed by atoms with E-state index in [1.54, 1.807) is 23.9 Å². The molecule has 0 aromatic heterocycles. The number of anilines is 1. The van der Waals surface area contributed by atoms with Gasteiger partial charge in [0.15, 0.2) is 0 Å². The lowest BCUT2D eigenvalue weighted by Gasteiger charge is -2.19. The van der Waals surface area contributed by atoms with Crippen LogP contribution in [0.2, 0.25) is 0 Å². The van der Waals surface area contributed by atoms with E-state index in [0.717, 1.165) is 32.6 Å². The van der Waals surface area contributed by atoms with Gasteiger partial charge in [-0.3, -0.25) is 4.99 Å². The third kappa shape index (κ3) is 3.44. The Morgan fingerprint density at radius 2 is 1.83 bits per heavy atom. The van der Waals surface area contributed by atoms with Crippen LogP contribution in [0.4, 0.5) is 11.4 Å². The van der Waals surface area contributed by atoms with Gasteiger partial charge in [-0.15, -0.1) is 0 Å². The Hall–Kier alpha value is -2.73. The Balaban J connectivity index is 1.73. The number of nitrogens with zero attached hydrogens (tertiary/aromatic N) is 1. The highest BCUT2D eigenvalue weighted by atomic mass is 32.2. The van der Waals surface area contributed by atoms with E-state index in [0.29, 0.717) is 0 Å². The van der Waals surface area contributed by atoms with Crippen LogP contribution in [-0.4, -0.2) is 11.7 Å². The zero-order chi connectivity index (χ0) is 17.1. The average Bonchev–Trinajstić information content (AvgIpc) is 2.59. The number of aliphatic imine (C=N–C) groups is 1. The first-order valence-corrected chi connectivity index (χ1v) is 8.23. The van der Waals surface area contributed by atoms with Gasteiger partial charge in [-0.25, -0.2) is 0 Å². The molecule has 122 valence electrons. The number of thioether (sulfide) groups is 1. The summed E-state index contributed by atoms with van der Waals surface area (Å²) in [6.07, 6.45) is 0. The first-order valence-electron chi connectivity index (χ1n) is 7.41. The molecule has 1 aliphatic rings. The van der Waals surface area contributed by atoms with Crippen molar-refractivity contribution in [2.24, 2.45) is 4.99 Å². The zero-order valence-electron chi connectivity index (χ0n) is 13.3. The number of allylic oxidation sites excluding steroid dienone is 2. The molecule has 2 aromatic rings. The molecule has 0 saturated heterocycles. The van der Waals surface area contributed by atoms with E-state index in [4.69, 9.17) is 0 Å². The molecule has 0 amide bonds. The van der Waals surface area contributed by atoms with E-state index in [1.165, 1.54) is 12.1 Å². The van der Waals surface area contributed by atoms with Crippen LogP contribution >= 0.6 is 11.8 Å². The van der Waals surface area contributed by atoms with Crippen LogP contribution in [0.1, 0.15) is 24.2 Å². The van der Waals surface area contributed by atoms with Crippen molar-refractivity contribution >= 4 is 34.8 Å². The highest BCUT2D eigenvalue weighted by Crippen LogP contribution is 2.40. The monoisotopic (exact) mass is 338 g/mol. The van der Waals surface area contributed by atoms with Crippen LogP contribution in [0.15, 0.2) is 69.0 Å². The van der Waals surface area contributed by atoms with Crippen molar-refractivity contribution in [3.05, 3.63) is 64.7 Å². The predicted octanol–water partition coefficient (Wildman–Crippen LogP) is 3.10. The number of hydrogen-bond donors (Lipinski definition) is 2. The maximum absolute atomic E-state index is 10.8. The Morgan fingerprint density at radius 1 is 1.12 bits per heavy atom. The molecule has 0 spiro atoms. The van der Waals surface area contributed by atoms with Crippen molar-refractivity contribution in [3.63, 3.8) is 0 Å². The van der Waals surface area contributed by atoms with Gasteiger partial charge in [0, 0.05) is 10.6 Å². The Morgan fingerprint density at radius 3 is 2.54 bits per heavy atom. The minimum Gasteiger partial charge on any atom is -0.545 e. The molecule has 0 fully saturated rings. The predicted molar refractivity (Wildman–Crippen MR) is 95.3 cm³/mol. The molecule has 5 nitrogen and oxygen atoms in total. The minimum absolute atomic E-state index is 0.151. The summed E-state index contributed by atoms with van der Waals surface area (Å²) in [5, 5.41) is 10.8. The smallest absolute Gasteiger partial charge is 0.0772 e. The SMILES string of the molecule is CC1=Nc2ccccc2SC1=C(C)NNc1ccc(C(=O)[O-])cc1. The fourth-order valence-electron chi connectivity index (χ4n) is 2.31. The third-order valence-corrected chi connectivity index (χ3v) is 4.92. The van der Waals surface area contributed by atoms with E-state index in [9.17, 15) is 9.90 Å². The molecule has 1 heterocycles. The third-order valence-electron chi connectivity index (χ3n) is 3.55. The number of hydrazine groups is 1. The van der Waals surface area contributed by atoms with Gasteiger partial charge in [-0.1, -0.05) is 36.0 Å². The molecule has 0 unspecified atom stereocenters. The number of nitrogens with one attached hydrogen (secondary N) is 2. The van der Waals surface area contributed by atoms with Crippen LogP contribution in [0, 0.1) is 0 Å². The van der Waals surface area contributed by atoms with Crippen molar-refractivity contribution < 1.29 is 9.90 Å². The second-order valence-corrected chi connectivity index (χ2v) is 6.39. The van der Waals surface area contributed by atoms with Gasteiger partial charge >= 0.3 is 0 Å². The standard InChI is InChI=1S/C18H17N3O2S/c1-11-17(24-16-6-4-3-5-15(16)19-11)12(2)20-21-14-9-7-13(8-10-14)18(22)23/h3-10,20-21H,1-2H3,(H,22,23)/p-1. The summed E-state index contributed by atoms with van der Waals surface area (Å²) >= 11 is 1.68. The summed E-state index contributed by atoms with van der Waals surface area (Å²) in [5.74, 6) is -1.18. The molecule has 3 rings (SSSR count). The second-order valence-electron chi connectivity index (χ2n) is 5.34. The molecule has 1 aliphatic heterocycles. The van der Waals surface area contributed by atoms with Crippen molar-refractivity contribution in [2.75, 3.05) is 5.43 Å². The highest BCUT2D eigenvalue weighted by Gasteiger charge is 2.16. The van der Waals surface area contributed by atoms with E-state index >= 15 is 0 Å². The molecule has 24 heavy (non-hydrogen) atoms. The number of hydrogen-bond acceptors (Lipinski definition) is 6. The maximum atomic E-state index is 10.8. The lowest BCUT2D eigenvalue weighted by molar-refractivity contribution is -0.255. The van der Waals surface area contributed by atoms with Crippen molar-refractivity contribution in [2.45, 2.75) is 18.7 Å². The maximum Gasteiger partial charge on any atom is 0.0772 e. The van der Waals surface area contributed by atoms with Gasteiger partial charge in [0.05, 0.1) is 28.0 Å². The zero-order valence-corrected chi connectivity index (χ0v) is 14.1. The number of aromatic carboxylic acids is 1. The van der Waals surface area contributed by atoms with E-state index in [2.05, 4.69) is 21.9 Å². The fraction of sp³-hybridized carbons (Fsp3) is 0.111. The van der Waals surface area contributed by atoms with E-state index < -0.39 is 5.97 Å². The molecule has 0 aliphatic carbocycles. The second kappa shape index (κ2) is 6.80. The minimum atomic E-state index is -1.18. The Bertz CT molecular complexity index is 842. The molecule has 6 heteroatoms. The molecular weight excluding hydrogens is 322 g/mol. The summed E-state index contributed by atoms with van der Waals surface area (Å²) in [7, 11) is 0. The molecule has 0 saturated carbocycles. The van der Waals surface area contributed by atoms with Crippen molar-refractivity contribution in [3.8, 4) is 0 Å². The first kappa shape index (κ1) is 16.1. The van der Waals surface area contributed by atoms with E-state index in [1.807, 2.05) is 32.0 Å².